The summed E-state index contributed by atoms with van der Waals surface area (Å²) in [6, 6.07) is 9.71. The first-order chi connectivity index (χ1) is 8.68. The number of amides is 1. The van der Waals surface area contributed by atoms with E-state index >= 15 is 0 Å². The number of fused-ring (bicyclic) bond motifs is 5. The van der Waals surface area contributed by atoms with Crippen LogP contribution in [0.1, 0.15) is 19.8 Å². The minimum atomic E-state index is -0.238. The van der Waals surface area contributed by atoms with Gasteiger partial charge in [0, 0.05) is 11.6 Å². The third kappa shape index (κ3) is 1.31. The van der Waals surface area contributed by atoms with E-state index in [2.05, 4.69) is 12.2 Å². The number of anilines is 1. The van der Waals surface area contributed by atoms with Gasteiger partial charge in [-0.25, -0.2) is 0 Å². The first-order valence-electron chi connectivity index (χ1n) is 6.70. The zero-order valence-electron chi connectivity index (χ0n) is 10.4. The van der Waals surface area contributed by atoms with Crippen molar-refractivity contribution >= 4 is 11.6 Å². The Labute approximate surface area is 107 Å². The summed E-state index contributed by atoms with van der Waals surface area (Å²) in [5.74, 6) is 1.21. The van der Waals surface area contributed by atoms with Gasteiger partial charge in [0.1, 0.15) is 0 Å². The van der Waals surface area contributed by atoms with Gasteiger partial charge in [-0.1, -0.05) is 25.1 Å². The number of hydrogen-bond donors (Lipinski definition) is 1. The third-order valence-corrected chi connectivity index (χ3v) is 5.03. The van der Waals surface area contributed by atoms with E-state index in [-0.39, 0.29) is 11.3 Å². The molecule has 3 heteroatoms. The smallest absolute Gasteiger partial charge is 0.230 e. The summed E-state index contributed by atoms with van der Waals surface area (Å²) in [4.78, 5) is 12.5. The van der Waals surface area contributed by atoms with E-state index in [1.54, 1.807) is 0 Å². The van der Waals surface area contributed by atoms with E-state index in [0.717, 1.165) is 12.1 Å². The van der Waals surface area contributed by atoms with Crippen LogP contribution in [0, 0.1) is 17.3 Å². The molecule has 0 radical (unpaired) electrons. The lowest BCUT2D eigenvalue weighted by molar-refractivity contribution is -0.127. The van der Waals surface area contributed by atoms with Crippen molar-refractivity contribution in [2.75, 3.05) is 5.32 Å². The predicted molar refractivity (Wildman–Crippen MR) is 68.1 cm³/mol. The molecule has 5 atom stereocenters. The average molecular weight is 243 g/mol. The topological polar surface area (TPSA) is 41.6 Å². The molecule has 0 spiro atoms. The SMILES string of the molecule is CC1(C(=O)Nc2ccccc2)CC2CC1C1OC21. The molecule has 2 aliphatic carbocycles. The van der Waals surface area contributed by atoms with E-state index < -0.39 is 0 Å². The minimum absolute atomic E-state index is 0.162. The van der Waals surface area contributed by atoms with Crippen LogP contribution in [0.3, 0.4) is 0 Å². The molecule has 5 unspecified atom stereocenters. The van der Waals surface area contributed by atoms with Crippen LogP contribution >= 0.6 is 0 Å². The van der Waals surface area contributed by atoms with Gasteiger partial charge in [0.25, 0.3) is 0 Å². The zero-order chi connectivity index (χ0) is 12.3. The van der Waals surface area contributed by atoms with Crippen molar-refractivity contribution in [1.82, 2.24) is 0 Å². The molecule has 1 saturated heterocycles. The van der Waals surface area contributed by atoms with Crippen LogP contribution in [0.25, 0.3) is 0 Å². The Kier molecular flexibility index (Phi) is 1.97. The van der Waals surface area contributed by atoms with Crippen molar-refractivity contribution in [3.63, 3.8) is 0 Å². The quantitative estimate of drug-likeness (QED) is 0.811. The van der Waals surface area contributed by atoms with Crippen molar-refractivity contribution in [3.05, 3.63) is 30.3 Å². The van der Waals surface area contributed by atoms with Gasteiger partial charge in [0.15, 0.2) is 0 Å². The highest BCUT2D eigenvalue weighted by molar-refractivity contribution is 5.95. The van der Waals surface area contributed by atoms with Gasteiger partial charge in [0.05, 0.1) is 17.6 Å². The average Bonchev–Trinajstić information content (AvgIpc) is 3.01. The minimum Gasteiger partial charge on any atom is -0.369 e. The summed E-state index contributed by atoms with van der Waals surface area (Å²) in [7, 11) is 0. The number of hydrogen-bond acceptors (Lipinski definition) is 2. The van der Waals surface area contributed by atoms with Gasteiger partial charge in [-0.2, -0.15) is 0 Å². The van der Waals surface area contributed by atoms with Crippen molar-refractivity contribution < 1.29 is 9.53 Å². The monoisotopic (exact) mass is 243 g/mol. The molecule has 3 nitrogen and oxygen atoms in total. The Balaban J connectivity index is 1.55. The van der Waals surface area contributed by atoms with E-state index in [1.165, 1.54) is 6.42 Å². The number of carbonyl (C=O) groups excluding carboxylic acids is 1. The molecular weight excluding hydrogens is 226 g/mol. The third-order valence-electron chi connectivity index (χ3n) is 5.03. The number of nitrogens with one attached hydrogen (secondary N) is 1. The molecule has 94 valence electrons. The Hall–Kier alpha value is -1.35. The predicted octanol–water partition coefficient (Wildman–Crippen LogP) is 2.44. The number of carbonyl (C=O) groups is 1. The molecule has 2 bridgehead atoms. The maximum atomic E-state index is 12.5. The highest BCUT2D eigenvalue weighted by Crippen LogP contribution is 2.64. The van der Waals surface area contributed by atoms with Crippen LogP contribution in [0.5, 0.6) is 0 Å². The first kappa shape index (κ1) is 10.6. The second-order valence-corrected chi connectivity index (χ2v) is 6.11. The lowest BCUT2D eigenvalue weighted by atomic mass is 9.74. The Morgan fingerprint density at radius 1 is 1.33 bits per heavy atom. The van der Waals surface area contributed by atoms with Crippen LogP contribution in [-0.4, -0.2) is 18.1 Å². The Morgan fingerprint density at radius 2 is 2.11 bits per heavy atom. The van der Waals surface area contributed by atoms with Crippen LogP contribution in [0.4, 0.5) is 5.69 Å². The van der Waals surface area contributed by atoms with E-state index in [4.69, 9.17) is 4.74 Å². The van der Waals surface area contributed by atoms with Crippen molar-refractivity contribution in [2.24, 2.45) is 17.3 Å². The standard InChI is InChI=1S/C15H17NO2/c1-15(8-9-7-11(15)13-12(9)18-13)14(17)16-10-5-3-2-4-6-10/h2-6,9,11-13H,7-8H2,1H3,(H,16,17). The summed E-state index contributed by atoms with van der Waals surface area (Å²) in [6.07, 6.45) is 3.01. The molecule has 1 aromatic carbocycles. The van der Waals surface area contributed by atoms with Crippen molar-refractivity contribution in [3.8, 4) is 0 Å². The summed E-state index contributed by atoms with van der Waals surface area (Å²) >= 11 is 0. The van der Waals surface area contributed by atoms with Gasteiger partial charge in [-0.15, -0.1) is 0 Å². The zero-order valence-corrected chi connectivity index (χ0v) is 10.4. The van der Waals surface area contributed by atoms with Gasteiger partial charge < -0.3 is 10.1 Å². The molecule has 1 aliphatic heterocycles. The van der Waals surface area contributed by atoms with E-state index in [0.29, 0.717) is 24.0 Å². The fourth-order valence-corrected chi connectivity index (χ4v) is 4.01. The summed E-state index contributed by atoms with van der Waals surface area (Å²) in [6.45, 7) is 2.10. The Bertz CT molecular complexity index is 500. The summed E-state index contributed by atoms with van der Waals surface area (Å²) in [5.41, 5.74) is 0.651. The van der Waals surface area contributed by atoms with Gasteiger partial charge in [-0.05, 0) is 30.9 Å². The molecule has 0 aromatic heterocycles. The molecular formula is C15H17NO2. The molecule has 1 heterocycles. The van der Waals surface area contributed by atoms with E-state index in [1.807, 2.05) is 30.3 Å². The molecule has 2 saturated carbocycles. The molecule has 4 rings (SSSR count). The fraction of sp³-hybridized carbons (Fsp3) is 0.533. The molecule has 3 fully saturated rings. The normalized spacial score (nSPS) is 43.6. The lowest BCUT2D eigenvalue weighted by Crippen LogP contribution is -2.40. The molecule has 1 amide bonds. The maximum Gasteiger partial charge on any atom is 0.230 e. The van der Waals surface area contributed by atoms with Gasteiger partial charge in [0.2, 0.25) is 5.91 Å². The largest absolute Gasteiger partial charge is 0.369 e. The first-order valence-corrected chi connectivity index (χ1v) is 6.70. The number of benzene rings is 1. The molecule has 18 heavy (non-hydrogen) atoms. The van der Waals surface area contributed by atoms with Crippen LogP contribution in [-0.2, 0) is 9.53 Å². The second kappa shape index (κ2) is 3.35. The second-order valence-electron chi connectivity index (χ2n) is 6.11. The van der Waals surface area contributed by atoms with Crippen LogP contribution in [0.15, 0.2) is 30.3 Å². The highest BCUT2D eigenvalue weighted by atomic mass is 16.6. The van der Waals surface area contributed by atoms with Crippen molar-refractivity contribution in [1.29, 1.82) is 0 Å². The number of epoxide rings is 1. The van der Waals surface area contributed by atoms with Crippen LogP contribution < -0.4 is 5.32 Å². The fourth-order valence-electron chi connectivity index (χ4n) is 4.01. The molecule has 1 N–H and O–H groups in total. The Morgan fingerprint density at radius 3 is 2.78 bits per heavy atom. The van der Waals surface area contributed by atoms with Crippen molar-refractivity contribution in [2.45, 2.75) is 32.0 Å². The van der Waals surface area contributed by atoms with Gasteiger partial charge in [-0.3, -0.25) is 4.79 Å². The van der Waals surface area contributed by atoms with Crippen LogP contribution in [0.2, 0.25) is 0 Å². The summed E-state index contributed by atoms with van der Waals surface area (Å²) in [5, 5.41) is 3.05. The maximum absolute atomic E-state index is 12.5. The lowest BCUT2D eigenvalue weighted by Gasteiger charge is -2.30. The van der Waals surface area contributed by atoms with E-state index in [9.17, 15) is 4.79 Å². The highest BCUT2D eigenvalue weighted by Gasteiger charge is 2.69. The number of rotatable bonds is 2. The number of ether oxygens (including phenoxy) is 1. The molecule has 1 aromatic rings. The summed E-state index contributed by atoms with van der Waals surface area (Å²) < 4.78 is 5.66. The van der Waals surface area contributed by atoms with Gasteiger partial charge >= 0.3 is 0 Å². The number of para-hydroxylation sites is 1. The molecule has 3 aliphatic rings.